The van der Waals surface area contributed by atoms with Crippen molar-refractivity contribution in [3.8, 4) is 11.4 Å². The first-order chi connectivity index (χ1) is 11.3. The van der Waals surface area contributed by atoms with Gasteiger partial charge in [0.25, 0.3) is 0 Å². The summed E-state index contributed by atoms with van der Waals surface area (Å²) in [5, 5.41) is 7.78. The van der Waals surface area contributed by atoms with Crippen LogP contribution in [0, 0.1) is 0 Å². The summed E-state index contributed by atoms with van der Waals surface area (Å²) in [7, 11) is 1.78. The number of likely N-dealkylation sites (tertiary alicyclic amines) is 1. The normalized spacial score (nSPS) is 28.5. The molecule has 2 aromatic heterocycles. The predicted octanol–water partition coefficient (Wildman–Crippen LogP) is 2.21. The lowest BCUT2D eigenvalue weighted by Crippen LogP contribution is -2.41. The number of hydrogen-bond donors (Lipinski definition) is 1. The van der Waals surface area contributed by atoms with Crippen LogP contribution in [0.3, 0.4) is 0 Å². The van der Waals surface area contributed by atoms with Crippen molar-refractivity contribution in [2.24, 2.45) is 0 Å². The molecule has 4 rings (SSSR count). The Balaban J connectivity index is 1.52. The van der Waals surface area contributed by atoms with Gasteiger partial charge < -0.3 is 9.26 Å². The first kappa shape index (κ1) is 14.8. The smallest absolute Gasteiger partial charge is 0.154 e. The van der Waals surface area contributed by atoms with Gasteiger partial charge >= 0.3 is 0 Å². The van der Waals surface area contributed by atoms with E-state index >= 15 is 0 Å². The molecule has 2 aliphatic rings. The average Bonchev–Trinajstić information content (AvgIpc) is 3.33. The van der Waals surface area contributed by atoms with Crippen LogP contribution in [-0.4, -0.2) is 47.5 Å². The fraction of sp³-hybridized carbons (Fsp3) is 0.529. The Morgan fingerprint density at radius 1 is 1.35 bits per heavy atom. The molecule has 3 atom stereocenters. The average molecular weight is 314 g/mol. The largest absolute Gasteiger partial charge is 0.380 e. The van der Waals surface area contributed by atoms with Crippen molar-refractivity contribution >= 4 is 0 Å². The summed E-state index contributed by atoms with van der Waals surface area (Å²) < 4.78 is 11.1. The molecular formula is C17H22N4O2. The molecule has 4 heterocycles. The summed E-state index contributed by atoms with van der Waals surface area (Å²) in [5.41, 5.74) is 1.66. The van der Waals surface area contributed by atoms with Crippen molar-refractivity contribution < 1.29 is 9.26 Å². The van der Waals surface area contributed by atoms with Gasteiger partial charge in [-0.15, -0.1) is 0 Å². The highest BCUT2D eigenvalue weighted by Crippen LogP contribution is 2.36. The molecule has 2 saturated heterocycles. The molecule has 0 bridgehead atoms. The monoisotopic (exact) mass is 314 g/mol. The Bertz CT molecular complexity index is 645. The Kier molecular flexibility index (Phi) is 4.11. The summed E-state index contributed by atoms with van der Waals surface area (Å²) in [4.78, 5) is 6.83. The van der Waals surface area contributed by atoms with E-state index in [1.165, 1.54) is 6.42 Å². The van der Waals surface area contributed by atoms with Gasteiger partial charge in [-0.1, -0.05) is 11.2 Å². The number of aromatic nitrogens is 2. The molecule has 0 saturated carbocycles. The van der Waals surface area contributed by atoms with E-state index < -0.39 is 0 Å². The fourth-order valence-corrected chi connectivity index (χ4v) is 3.66. The molecule has 1 N–H and O–H groups in total. The second-order valence-electron chi connectivity index (χ2n) is 6.24. The minimum Gasteiger partial charge on any atom is -0.380 e. The number of nitrogens with zero attached hydrogens (tertiary/aromatic N) is 3. The number of rotatable bonds is 4. The van der Waals surface area contributed by atoms with E-state index in [9.17, 15) is 0 Å². The molecule has 23 heavy (non-hydrogen) atoms. The summed E-state index contributed by atoms with van der Waals surface area (Å²) in [6.07, 6.45) is 5.75. The van der Waals surface area contributed by atoms with E-state index in [2.05, 4.69) is 20.4 Å². The lowest BCUT2D eigenvalue weighted by molar-refractivity contribution is 0.0956. The van der Waals surface area contributed by atoms with Crippen LogP contribution in [0.2, 0.25) is 0 Å². The number of nitrogens with one attached hydrogen (secondary N) is 1. The summed E-state index contributed by atoms with van der Waals surface area (Å²) in [6, 6.07) is 8.14. The van der Waals surface area contributed by atoms with Gasteiger partial charge in [0.1, 0.15) is 5.69 Å². The van der Waals surface area contributed by atoms with Crippen LogP contribution in [0.25, 0.3) is 11.4 Å². The first-order valence-electron chi connectivity index (χ1n) is 8.25. The highest BCUT2D eigenvalue weighted by atomic mass is 16.5. The van der Waals surface area contributed by atoms with E-state index in [1.807, 2.05) is 24.3 Å². The third kappa shape index (κ3) is 2.89. The topological polar surface area (TPSA) is 63.4 Å². The Labute approximate surface area is 135 Å². The number of ether oxygens (including phenoxy) is 1. The molecule has 0 aromatic carbocycles. The zero-order valence-corrected chi connectivity index (χ0v) is 13.3. The zero-order valence-electron chi connectivity index (χ0n) is 13.3. The maximum Gasteiger partial charge on any atom is 0.154 e. The first-order valence-corrected chi connectivity index (χ1v) is 8.25. The Hall–Kier alpha value is -1.76. The third-order valence-corrected chi connectivity index (χ3v) is 4.88. The highest BCUT2D eigenvalue weighted by Gasteiger charge is 2.37. The molecule has 6 nitrogen and oxygen atoms in total. The third-order valence-electron chi connectivity index (χ3n) is 4.88. The molecule has 0 amide bonds. The SMILES string of the molecule is CO[C@H]1CN[C@@H](N2CCCC2c2cc(-c3ccccn3)no2)C1. The van der Waals surface area contributed by atoms with Gasteiger partial charge in [0.2, 0.25) is 0 Å². The van der Waals surface area contributed by atoms with Crippen LogP contribution in [0.4, 0.5) is 0 Å². The fourth-order valence-electron chi connectivity index (χ4n) is 3.66. The second kappa shape index (κ2) is 6.39. The molecule has 0 radical (unpaired) electrons. The quantitative estimate of drug-likeness (QED) is 0.933. The number of methoxy groups -OCH3 is 1. The van der Waals surface area contributed by atoms with Gasteiger partial charge in [0, 0.05) is 38.9 Å². The summed E-state index contributed by atoms with van der Waals surface area (Å²) in [6.45, 7) is 2.00. The van der Waals surface area contributed by atoms with Crippen LogP contribution in [0.15, 0.2) is 35.0 Å². The van der Waals surface area contributed by atoms with Crippen LogP contribution < -0.4 is 5.32 Å². The van der Waals surface area contributed by atoms with Crippen molar-refractivity contribution in [3.63, 3.8) is 0 Å². The van der Waals surface area contributed by atoms with Gasteiger partial charge in [-0.3, -0.25) is 15.2 Å². The summed E-state index contributed by atoms with van der Waals surface area (Å²) in [5.74, 6) is 0.936. The van der Waals surface area contributed by atoms with E-state index in [4.69, 9.17) is 9.26 Å². The molecule has 0 spiro atoms. The van der Waals surface area contributed by atoms with E-state index in [1.54, 1.807) is 13.3 Å². The molecule has 1 unspecified atom stereocenters. The molecule has 122 valence electrons. The number of pyridine rings is 1. The van der Waals surface area contributed by atoms with Crippen molar-refractivity contribution in [2.45, 2.75) is 37.6 Å². The lowest BCUT2D eigenvalue weighted by Gasteiger charge is -2.28. The maximum absolute atomic E-state index is 5.66. The zero-order chi connectivity index (χ0) is 15.6. The van der Waals surface area contributed by atoms with Gasteiger partial charge in [0.15, 0.2) is 5.76 Å². The minimum atomic E-state index is 0.285. The van der Waals surface area contributed by atoms with Crippen molar-refractivity contribution in [1.82, 2.24) is 20.4 Å². The van der Waals surface area contributed by atoms with Gasteiger partial charge in [-0.25, -0.2) is 0 Å². The maximum atomic E-state index is 5.66. The molecule has 2 fully saturated rings. The predicted molar refractivity (Wildman–Crippen MR) is 85.6 cm³/mol. The highest BCUT2D eigenvalue weighted by molar-refractivity contribution is 5.53. The van der Waals surface area contributed by atoms with E-state index in [0.29, 0.717) is 12.3 Å². The van der Waals surface area contributed by atoms with Crippen LogP contribution in [0.1, 0.15) is 31.1 Å². The Morgan fingerprint density at radius 2 is 2.30 bits per heavy atom. The minimum absolute atomic E-state index is 0.285. The number of hydrogen-bond acceptors (Lipinski definition) is 6. The molecular weight excluding hydrogens is 292 g/mol. The van der Waals surface area contributed by atoms with Crippen LogP contribution in [0.5, 0.6) is 0 Å². The van der Waals surface area contributed by atoms with Crippen molar-refractivity contribution in [3.05, 3.63) is 36.2 Å². The van der Waals surface area contributed by atoms with Gasteiger partial charge in [-0.2, -0.15) is 0 Å². The second-order valence-corrected chi connectivity index (χ2v) is 6.24. The van der Waals surface area contributed by atoms with Gasteiger partial charge in [-0.05, 0) is 25.0 Å². The molecule has 0 aliphatic carbocycles. The van der Waals surface area contributed by atoms with Crippen LogP contribution >= 0.6 is 0 Å². The molecule has 2 aromatic rings. The van der Waals surface area contributed by atoms with Crippen LogP contribution in [-0.2, 0) is 4.74 Å². The van der Waals surface area contributed by atoms with Gasteiger partial charge in [0.05, 0.1) is 24.0 Å². The van der Waals surface area contributed by atoms with E-state index in [0.717, 1.165) is 43.1 Å². The summed E-state index contributed by atoms with van der Waals surface area (Å²) >= 11 is 0. The lowest BCUT2D eigenvalue weighted by atomic mass is 10.1. The molecule has 2 aliphatic heterocycles. The van der Waals surface area contributed by atoms with Crippen molar-refractivity contribution in [1.29, 1.82) is 0 Å². The molecule has 6 heteroatoms. The Morgan fingerprint density at radius 3 is 3.09 bits per heavy atom. The standard InChI is InChI=1S/C17H22N4O2/c1-22-12-9-17(19-11-12)21-8-4-6-15(21)16-10-14(20-23-16)13-5-2-3-7-18-13/h2-3,5,7,10,12,15,17,19H,4,6,8-9,11H2,1H3/t12-,15?,17+/m1/s1. The van der Waals surface area contributed by atoms with Crippen molar-refractivity contribution in [2.75, 3.05) is 20.2 Å². The van der Waals surface area contributed by atoms with E-state index in [-0.39, 0.29) is 6.04 Å².